The zero-order valence-corrected chi connectivity index (χ0v) is 23.5. The highest BCUT2D eigenvalue weighted by atomic mass is 19.4. The van der Waals surface area contributed by atoms with E-state index in [-0.39, 0.29) is 28.7 Å². The number of anilines is 1. The third kappa shape index (κ3) is 5.82. The first-order chi connectivity index (χ1) is 21.5. The fourth-order valence-corrected chi connectivity index (χ4v) is 5.29. The molecule has 0 saturated carbocycles. The summed E-state index contributed by atoms with van der Waals surface area (Å²) in [6.07, 6.45) is 1.29. The van der Waals surface area contributed by atoms with Crippen molar-refractivity contribution in [3.8, 4) is 28.2 Å². The number of benzene rings is 1. The van der Waals surface area contributed by atoms with Crippen LogP contribution in [-0.4, -0.2) is 45.2 Å². The van der Waals surface area contributed by atoms with Crippen molar-refractivity contribution in [1.29, 1.82) is 0 Å². The molecule has 0 unspecified atom stereocenters. The second kappa shape index (κ2) is 11.7. The Hall–Kier alpha value is -5.28. The minimum atomic E-state index is -4.69. The summed E-state index contributed by atoms with van der Waals surface area (Å²) in [4.78, 5) is 35.4. The van der Waals surface area contributed by atoms with Gasteiger partial charge < -0.3 is 5.32 Å². The largest absolute Gasteiger partial charge is 0.436 e. The summed E-state index contributed by atoms with van der Waals surface area (Å²) < 4.78 is 70.1. The van der Waals surface area contributed by atoms with E-state index in [0.29, 0.717) is 40.8 Å². The topological polar surface area (TPSA) is 125 Å². The Labute approximate surface area is 251 Å². The van der Waals surface area contributed by atoms with Gasteiger partial charge in [0, 0.05) is 29.3 Å². The molecule has 1 aromatic carbocycles. The summed E-state index contributed by atoms with van der Waals surface area (Å²) in [5.41, 5.74) is -0.0853. The molecule has 5 aromatic rings. The van der Waals surface area contributed by atoms with Crippen molar-refractivity contribution >= 4 is 11.6 Å². The molecule has 5 heterocycles. The number of rotatable bonds is 4. The lowest BCUT2D eigenvalue weighted by molar-refractivity contribution is -0.141. The van der Waals surface area contributed by atoms with E-state index in [1.54, 1.807) is 31.2 Å². The predicted octanol–water partition coefficient (Wildman–Crippen LogP) is 5.51. The summed E-state index contributed by atoms with van der Waals surface area (Å²) in [5.74, 6) is -0.824. The highest BCUT2D eigenvalue weighted by Gasteiger charge is 2.35. The SMILES string of the molecule is C[C@@H]1CCC[C@H](n2cnc(-c3ccccc3-n3cc(C(F)(F)F)nn3)cc2=O)c2cc(ccn2)-c2c(cnn2C(F)F)NC1=O. The smallest absolute Gasteiger partial charge is 0.323 e. The Morgan fingerprint density at radius 3 is 2.58 bits per heavy atom. The summed E-state index contributed by atoms with van der Waals surface area (Å²) in [6, 6.07) is 10.0. The summed E-state index contributed by atoms with van der Waals surface area (Å²) in [5, 5.41) is 13.3. The van der Waals surface area contributed by atoms with Gasteiger partial charge in [0.2, 0.25) is 5.91 Å². The van der Waals surface area contributed by atoms with Gasteiger partial charge in [-0.3, -0.25) is 19.1 Å². The van der Waals surface area contributed by atoms with Gasteiger partial charge in [-0.05, 0) is 31.0 Å². The minimum absolute atomic E-state index is 0.00672. The van der Waals surface area contributed by atoms with Gasteiger partial charge in [-0.1, -0.05) is 36.8 Å². The van der Waals surface area contributed by atoms with E-state index in [2.05, 4.69) is 30.7 Å². The van der Waals surface area contributed by atoms with Crippen molar-refractivity contribution in [3.05, 3.63) is 89.1 Å². The van der Waals surface area contributed by atoms with Crippen LogP contribution in [-0.2, 0) is 11.0 Å². The summed E-state index contributed by atoms with van der Waals surface area (Å²) in [6.45, 7) is -1.26. The van der Waals surface area contributed by atoms with Gasteiger partial charge in [0.15, 0.2) is 5.69 Å². The number of amides is 1. The van der Waals surface area contributed by atoms with Crippen molar-refractivity contribution in [1.82, 2.24) is 39.3 Å². The number of aromatic nitrogens is 8. The van der Waals surface area contributed by atoms with Crippen LogP contribution in [0.3, 0.4) is 0 Å². The fraction of sp³-hybridized carbons (Fsp3) is 0.276. The second-order valence-corrected chi connectivity index (χ2v) is 10.5. The third-order valence-electron chi connectivity index (χ3n) is 7.58. The molecule has 45 heavy (non-hydrogen) atoms. The fourth-order valence-electron chi connectivity index (χ4n) is 5.29. The molecule has 16 heteroatoms. The number of pyridine rings is 1. The first-order valence-corrected chi connectivity index (χ1v) is 13.8. The molecule has 232 valence electrons. The third-order valence-corrected chi connectivity index (χ3v) is 7.58. The average Bonchev–Trinajstić information content (AvgIpc) is 3.68. The van der Waals surface area contributed by atoms with E-state index in [1.807, 2.05) is 0 Å². The normalized spacial score (nSPS) is 17.4. The first kappa shape index (κ1) is 29.8. The Kier molecular flexibility index (Phi) is 7.72. The molecule has 0 fully saturated rings. The van der Waals surface area contributed by atoms with Gasteiger partial charge >= 0.3 is 12.7 Å². The molecular weight excluding hydrogens is 601 g/mol. The molecule has 0 spiro atoms. The Bertz CT molecular complexity index is 1930. The van der Waals surface area contributed by atoms with Crippen molar-refractivity contribution in [2.45, 2.75) is 45.0 Å². The van der Waals surface area contributed by atoms with Crippen LogP contribution >= 0.6 is 0 Å². The van der Waals surface area contributed by atoms with Crippen molar-refractivity contribution < 1.29 is 26.7 Å². The second-order valence-electron chi connectivity index (χ2n) is 10.5. The number of carbonyl (C=O) groups is 1. The molecule has 1 N–H and O–H groups in total. The van der Waals surface area contributed by atoms with Crippen LogP contribution in [0, 0.1) is 5.92 Å². The van der Waals surface area contributed by atoms with Crippen molar-refractivity contribution in [2.24, 2.45) is 5.92 Å². The number of para-hydroxylation sites is 1. The first-order valence-electron chi connectivity index (χ1n) is 13.8. The molecule has 0 radical (unpaired) electrons. The van der Waals surface area contributed by atoms with Gasteiger partial charge in [0.1, 0.15) is 0 Å². The molecule has 1 aliphatic heterocycles. The van der Waals surface area contributed by atoms with Crippen LogP contribution in [0.5, 0.6) is 0 Å². The van der Waals surface area contributed by atoms with Crippen LogP contribution in [0.1, 0.15) is 50.2 Å². The van der Waals surface area contributed by atoms with E-state index in [9.17, 15) is 31.5 Å². The van der Waals surface area contributed by atoms with E-state index < -0.39 is 35.9 Å². The van der Waals surface area contributed by atoms with Crippen LogP contribution in [0.4, 0.5) is 27.6 Å². The zero-order valence-electron chi connectivity index (χ0n) is 23.5. The lowest BCUT2D eigenvalue weighted by atomic mass is 9.97. The molecule has 4 aromatic heterocycles. The number of hydrogen-bond donors (Lipinski definition) is 1. The van der Waals surface area contributed by atoms with Crippen LogP contribution in [0.15, 0.2) is 72.2 Å². The summed E-state index contributed by atoms with van der Waals surface area (Å²) in [7, 11) is 0. The van der Waals surface area contributed by atoms with Gasteiger partial charge in [-0.25, -0.2) is 14.3 Å². The molecule has 1 aliphatic rings. The van der Waals surface area contributed by atoms with E-state index in [4.69, 9.17) is 0 Å². The summed E-state index contributed by atoms with van der Waals surface area (Å²) >= 11 is 0. The maximum Gasteiger partial charge on any atom is 0.436 e. The number of carbonyl (C=O) groups excluding carboxylic acids is 1. The monoisotopic (exact) mass is 625 g/mol. The maximum absolute atomic E-state index is 13.9. The number of alkyl halides is 5. The quantitative estimate of drug-likeness (QED) is 0.261. The average molecular weight is 626 g/mol. The molecule has 0 saturated heterocycles. The number of fused-ring (bicyclic) bond motifs is 4. The number of nitrogens with zero attached hydrogens (tertiary/aromatic N) is 8. The van der Waals surface area contributed by atoms with Gasteiger partial charge in [0.25, 0.3) is 5.56 Å². The van der Waals surface area contributed by atoms with Crippen LogP contribution < -0.4 is 10.9 Å². The zero-order chi connectivity index (χ0) is 31.9. The van der Waals surface area contributed by atoms with E-state index in [0.717, 1.165) is 10.9 Å². The number of halogens is 5. The number of hydrogen-bond acceptors (Lipinski definition) is 7. The lowest BCUT2D eigenvalue weighted by Gasteiger charge is -2.22. The maximum atomic E-state index is 13.9. The molecule has 2 bridgehead atoms. The van der Waals surface area contributed by atoms with Crippen molar-refractivity contribution in [2.75, 3.05) is 5.32 Å². The van der Waals surface area contributed by atoms with Crippen LogP contribution in [0.2, 0.25) is 0 Å². The van der Waals surface area contributed by atoms with E-state index >= 15 is 0 Å². The Morgan fingerprint density at radius 1 is 1.04 bits per heavy atom. The molecule has 1 amide bonds. The van der Waals surface area contributed by atoms with Gasteiger partial charge in [-0.15, -0.1) is 5.10 Å². The van der Waals surface area contributed by atoms with E-state index in [1.165, 1.54) is 41.5 Å². The van der Waals surface area contributed by atoms with Crippen molar-refractivity contribution in [3.63, 3.8) is 0 Å². The van der Waals surface area contributed by atoms with Crippen LogP contribution in [0.25, 0.3) is 28.2 Å². The molecular formula is C29H24F5N9O2. The molecule has 2 atom stereocenters. The minimum Gasteiger partial charge on any atom is -0.323 e. The molecule has 11 nitrogen and oxygen atoms in total. The molecule has 0 aliphatic carbocycles. The molecule has 6 rings (SSSR count). The highest BCUT2D eigenvalue weighted by Crippen LogP contribution is 2.35. The predicted molar refractivity (Wildman–Crippen MR) is 150 cm³/mol. The Balaban J connectivity index is 1.42. The standard InChI is InChI=1S/C29H24F5N9O2/c1-16-5-4-8-23(20-11-17(9-10-35-20)26-21(38-27(16)45)13-37-43(26)28(30)31)41-15-36-19(12-25(41)44)18-6-2-3-7-22(18)42-14-24(39-40-42)29(32,33)34/h2-3,6-7,9-16,23,28H,4-5,8H2,1H3,(H,38,45)/t16-,23+/m1/s1. The number of nitrogens with one attached hydrogen (secondary N) is 1. The van der Waals surface area contributed by atoms with Gasteiger partial charge in [0.05, 0.1) is 53.2 Å². The highest BCUT2D eigenvalue weighted by molar-refractivity contribution is 5.95. The van der Waals surface area contributed by atoms with Gasteiger partial charge in [-0.2, -0.15) is 27.1 Å². The lowest BCUT2D eigenvalue weighted by Crippen LogP contribution is -2.27. The Morgan fingerprint density at radius 2 is 1.84 bits per heavy atom.